The van der Waals surface area contributed by atoms with Gasteiger partial charge in [-0.05, 0) is 60.6 Å². The van der Waals surface area contributed by atoms with Gasteiger partial charge in [-0.25, -0.2) is 0 Å². The van der Waals surface area contributed by atoms with Gasteiger partial charge < -0.3 is 10.1 Å². The van der Waals surface area contributed by atoms with Gasteiger partial charge in [0.05, 0.1) is 6.10 Å². The number of rotatable bonds is 4. The minimum absolute atomic E-state index is 0.215. The molecule has 1 aliphatic carbocycles. The molecule has 1 N–H and O–H groups in total. The topological polar surface area (TPSA) is 21.3 Å². The SMILES string of the molecule is CCOC1CC(Nc2ccc(C)c(I)c2)C1(C)C. The molecule has 100 valence electrons. The molecular weight excluding hydrogens is 337 g/mol. The Morgan fingerprint density at radius 1 is 1.44 bits per heavy atom. The average molecular weight is 359 g/mol. The van der Waals surface area contributed by atoms with E-state index >= 15 is 0 Å². The minimum atomic E-state index is 0.215. The van der Waals surface area contributed by atoms with E-state index in [1.165, 1.54) is 14.8 Å². The van der Waals surface area contributed by atoms with Crippen LogP contribution in [-0.4, -0.2) is 18.8 Å². The van der Waals surface area contributed by atoms with Crippen LogP contribution in [-0.2, 0) is 4.74 Å². The fourth-order valence-electron chi connectivity index (χ4n) is 2.50. The van der Waals surface area contributed by atoms with Gasteiger partial charge in [-0.3, -0.25) is 0 Å². The van der Waals surface area contributed by atoms with Crippen molar-refractivity contribution in [1.82, 2.24) is 0 Å². The molecule has 0 radical (unpaired) electrons. The standard InChI is InChI=1S/C15H22INO/c1-5-18-14-9-13(15(14,3)4)17-11-7-6-10(2)12(16)8-11/h6-8,13-14,17H,5,9H2,1-4H3. The van der Waals surface area contributed by atoms with E-state index in [0.717, 1.165) is 13.0 Å². The van der Waals surface area contributed by atoms with E-state index in [4.69, 9.17) is 4.74 Å². The Labute approximate surface area is 124 Å². The highest BCUT2D eigenvalue weighted by molar-refractivity contribution is 14.1. The average Bonchev–Trinajstić information content (AvgIpc) is 2.32. The summed E-state index contributed by atoms with van der Waals surface area (Å²) >= 11 is 2.39. The third-order valence-electron chi connectivity index (χ3n) is 4.06. The second-order valence-corrected chi connectivity index (χ2v) is 6.82. The van der Waals surface area contributed by atoms with Crippen LogP contribution in [0.2, 0.25) is 0 Å². The lowest BCUT2D eigenvalue weighted by molar-refractivity contribution is -0.0975. The molecule has 1 aromatic carbocycles. The molecule has 18 heavy (non-hydrogen) atoms. The van der Waals surface area contributed by atoms with Crippen LogP contribution in [0, 0.1) is 15.9 Å². The molecular formula is C15H22INO. The van der Waals surface area contributed by atoms with Crippen LogP contribution in [0.1, 0.15) is 32.8 Å². The van der Waals surface area contributed by atoms with Gasteiger partial charge in [0, 0.05) is 27.3 Å². The van der Waals surface area contributed by atoms with E-state index in [-0.39, 0.29) is 5.41 Å². The number of anilines is 1. The van der Waals surface area contributed by atoms with Crippen LogP contribution in [0.25, 0.3) is 0 Å². The molecule has 2 rings (SSSR count). The highest BCUT2D eigenvalue weighted by Gasteiger charge is 2.48. The molecule has 0 aliphatic heterocycles. The van der Waals surface area contributed by atoms with Gasteiger partial charge >= 0.3 is 0 Å². The van der Waals surface area contributed by atoms with Crippen LogP contribution in [0.15, 0.2) is 18.2 Å². The number of benzene rings is 1. The lowest BCUT2D eigenvalue weighted by Crippen LogP contribution is -2.58. The highest BCUT2D eigenvalue weighted by Crippen LogP contribution is 2.44. The molecule has 2 nitrogen and oxygen atoms in total. The Bertz CT molecular complexity index is 431. The number of aryl methyl sites for hydroxylation is 1. The van der Waals surface area contributed by atoms with Crippen molar-refractivity contribution in [2.75, 3.05) is 11.9 Å². The molecule has 1 aliphatic rings. The van der Waals surface area contributed by atoms with E-state index in [1.807, 2.05) is 0 Å². The first-order valence-corrected chi connectivity index (χ1v) is 7.67. The first kappa shape index (κ1) is 14.1. The van der Waals surface area contributed by atoms with Gasteiger partial charge in [0.1, 0.15) is 0 Å². The first-order valence-electron chi connectivity index (χ1n) is 6.59. The van der Waals surface area contributed by atoms with Crippen molar-refractivity contribution >= 4 is 28.3 Å². The molecule has 1 aromatic rings. The molecule has 3 heteroatoms. The number of ether oxygens (including phenoxy) is 1. The monoisotopic (exact) mass is 359 g/mol. The van der Waals surface area contributed by atoms with Crippen molar-refractivity contribution < 1.29 is 4.74 Å². The Morgan fingerprint density at radius 3 is 2.72 bits per heavy atom. The zero-order chi connectivity index (χ0) is 13.3. The van der Waals surface area contributed by atoms with Crippen LogP contribution >= 0.6 is 22.6 Å². The summed E-state index contributed by atoms with van der Waals surface area (Å²) in [4.78, 5) is 0. The predicted molar refractivity (Wildman–Crippen MR) is 85.1 cm³/mol. The lowest BCUT2D eigenvalue weighted by atomic mass is 9.64. The van der Waals surface area contributed by atoms with Crippen LogP contribution in [0.3, 0.4) is 0 Å². The first-order chi connectivity index (χ1) is 8.45. The molecule has 0 amide bonds. The fourth-order valence-corrected chi connectivity index (χ4v) is 3.01. The van der Waals surface area contributed by atoms with Crippen molar-refractivity contribution in [3.8, 4) is 0 Å². The van der Waals surface area contributed by atoms with Gasteiger partial charge in [0.2, 0.25) is 0 Å². The van der Waals surface area contributed by atoms with E-state index in [9.17, 15) is 0 Å². The van der Waals surface area contributed by atoms with Crippen molar-refractivity contribution in [3.05, 3.63) is 27.3 Å². The van der Waals surface area contributed by atoms with E-state index in [2.05, 4.69) is 73.8 Å². The van der Waals surface area contributed by atoms with Crippen LogP contribution < -0.4 is 5.32 Å². The summed E-state index contributed by atoms with van der Waals surface area (Å²) in [6, 6.07) is 7.07. The van der Waals surface area contributed by atoms with Crippen LogP contribution in [0.5, 0.6) is 0 Å². The van der Waals surface area contributed by atoms with E-state index in [0.29, 0.717) is 12.1 Å². The van der Waals surface area contributed by atoms with Crippen molar-refractivity contribution in [2.24, 2.45) is 5.41 Å². The van der Waals surface area contributed by atoms with Gasteiger partial charge in [0.25, 0.3) is 0 Å². The van der Waals surface area contributed by atoms with Gasteiger partial charge in [-0.1, -0.05) is 19.9 Å². The summed E-state index contributed by atoms with van der Waals surface area (Å²) in [6.45, 7) is 9.59. The summed E-state index contributed by atoms with van der Waals surface area (Å²) in [6.07, 6.45) is 1.50. The predicted octanol–water partition coefficient (Wildman–Crippen LogP) is 4.22. The maximum absolute atomic E-state index is 5.76. The molecule has 0 aromatic heterocycles. The molecule has 0 saturated heterocycles. The highest BCUT2D eigenvalue weighted by atomic mass is 127. The Kier molecular flexibility index (Phi) is 4.22. The summed E-state index contributed by atoms with van der Waals surface area (Å²) in [5.41, 5.74) is 2.77. The second kappa shape index (κ2) is 5.37. The van der Waals surface area contributed by atoms with Crippen molar-refractivity contribution in [2.45, 2.75) is 46.3 Å². The smallest absolute Gasteiger partial charge is 0.0665 e. The van der Waals surface area contributed by atoms with E-state index < -0.39 is 0 Å². The van der Waals surface area contributed by atoms with Crippen molar-refractivity contribution in [3.63, 3.8) is 0 Å². The third kappa shape index (κ3) is 2.67. The molecule has 2 atom stereocenters. The summed E-state index contributed by atoms with van der Waals surface area (Å²) in [7, 11) is 0. The summed E-state index contributed by atoms with van der Waals surface area (Å²) < 4.78 is 7.08. The quantitative estimate of drug-likeness (QED) is 0.813. The lowest BCUT2D eigenvalue weighted by Gasteiger charge is -2.52. The molecule has 2 unspecified atom stereocenters. The fraction of sp³-hybridized carbons (Fsp3) is 0.600. The normalized spacial score (nSPS) is 25.6. The number of hydrogen-bond donors (Lipinski definition) is 1. The Hall–Kier alpha value is -0.290. The van der Waals surface area contributed by atoms with Gasteiger partial charge in [-0.15, -0.1) is 0 Å². The molecule has 1 saturated carbocycles. The van der Waals surface area contributed by atoms with Crippen molar-refractivity contribution in [1.29, 1.82) is 0 Å². The largest absolute Gasteiger partial charge is 0.382 e. The Balaban J connectivity index is 2.01. The molecule has 0 spiro atoms. The molecule has 0 heterocycles. The minimum Gasteiger partial charge on any atom is -0.382 e. The molecule has 0 bridgehead atoms. The second-order valence-electron chi connectivity index (χ2n) is 5.66. The summed E-state index contributed by atoms with van der Waals surface area (Å²) in [5.74, 6) is 0. The number of halogens is 1. The maximum Gasteiger partial charge on any atom is 0.0665 e. The van der Waals surface area contributed by atoms with Gasteiger partial charge in [-0.2, -0.15) is 0 Å². The molecule has 1 fully saturated rings. The summed E-state index contributed by atoms with van der Waals surface area (Å²) in [5, 5.41) is 3.64. The van der Waals surface area contributed by atoms with Gasteiger partial charge in [0.15, 0.2) is 0 Å². The number of hydrogen-bond acceptors (Lipinski definition) is 2. The van der Waals surface area contributed by atoms with Crippen LogP contribution in [0.4, 0.5) is 5.69 Å². The third-order valence-corrected chi connectivity index (χ3v) is 5.22. The Morgan fingerprint density at radius 2 is 2.17 bits per heavy atom. The number of nitrogens with one attached hydrogen (secondary N) is 1. The maximum atomic E-state index is 5.76. The zero-order valence-electron chi connectivity index (χ0n) is 11.6. The van der Waals surface area contributed by atoms with E-state index in [1.54, 1.807) is 0 Å². The zero-order valence-corrected chi connectivity index (χ0v) is 13.7.